The van der Waals surface area contributed by atoms with E-state index in [1.54, 1.807) is 18.6 Å². The van der Waals surface area contributed by atoms with E-state index in [0.717, 1.165) is 21.9 Å². The summed E-state index contributed by atoms with van der Waals surface area (Å²) in [5.41, 5.74) is 3.33. The van der Waals surface area contributed by atoms with Crippen LogP contribution in [0.4, 0.5) is 0 Å². The monoisotopic (exact) mass is 222 g/mol. The van der Waals surface area contributed by atoms with Gasteiger partial charge in [-0.1, -0.05) is 0 Å². The first-order chi connectivity index (χ1) is 8.42. The van der Waals surface area contributed by atoms with Crippen LogP contribution in [-0.2, 0) is 0 Å². The standard InChI is InChI=1S/C12H6N4O/c1-2-7-10-12(17-11(7)14-4-1)16-8-3-5-13-6-9(8)15-10/h1-6H. The van der Waals surface area contributed by atoms with Crippen LogP contribution in [0.15, 0.2) is 41.2 Å². The van der Waals surface area contributed by atoms with Crippen LogP contribution < -0.4 is 0 Å². The number of aromatic nitrogens is 4. The van der Waals surface area contributed by atoms with E-state index in [2.05, 4.69) is 19.9 Å². The predicted octanol–water partition coefficient (Wildman–Crippen LogP) is 2.32. The number of hydrogen-bond acceptors (Lipinski definition) is 5. The molecule has 0 aliphatic heterocycles. The molecule has 0 radical (unpaired) electrons. The minimum Gasteiger partial charge on any atom is -0.418 e. The van der Waals surface area contributed by atoms with Crippen molar-refractivity contribution in [3.05, 3.63) is 36.8 Å². The Labute approximate surface area is 95.1 Å². The van der Waals surface area contributed by atoms with Gasteiger partial charge in [0.15, 0.2) is 0 Å². The average molecular weight is 222 g/mol. The Morgan fingerprint density at radius 1 is 0.941 bits per heavy atom. The number of nitrogens with zero attached hydrogens (tertiary/aromatic N) is 4. The van der Waals surface area contributed by atoms with Crippen LogP contribution in [0.2, 0.25) is 0 Å². The zero-order valence-corrected chi connectivity index (χ0v) is 8.66. The second-order valence-electron chi connectivity index (χ2n) is 3.70. The summed E-state index contributed by atoms with van der Waals surface area (Å²) in [6.45, 7) is 0. The van der Waals surface area contributed by atoms with Crippen LogP contribution in [0.1, 0.15) is 0 Å². The summed E-state index contributed by atoms with van der Waals surface area (Å²) in [7, 11) is 0. The summed E-state index contributed by atoms with van der Waals surface area (Å²) in [5.74, 6) is 0. The molecule has 17 heavy (non-hydrogen) atoms. The highest BCUT2D eigenvalue weighted by Gasteiger charge is 2.11. The maximum atomic E-state index is 5.56. The molecule has 0 fully saturated rings. The van der Waals surface area contributed by atoms with Crippen molar-refractivity contribution in [1.82, 2.24) is 19.9 Å². The van der Waals surface area contributed by atoms with Crippen LogP contribution in [-0.4, -0.2) is 19.9 Å². The fourth-order valence-corrected chi connectivity index (χ4v) is 1.88. The minimum atomic E-state index is 0.511. The van der Waals surface area contributed by atoms with Crippen molar-refractivity contribution in [2.45, 2.75) is 0 Å². The van der Waals surface area contributed by atoms with E-state index < -0.39 is 0 Å². The van der Waals surface area contributed by atoms with Crippen molar-refractivity contribution in [1.29, 1.82) is 0 Å². The Bertz CT molecular complexity index is 847. The van der Waals surface area contributed by atoms with Gasteiger partial charge in [-0.25, -0.2) is 15.0 Å². The number of rotatable bonds is 0. The molecule has 0 N–H and O–H groups in total. The summed E-state index contributed by atoms with van der Waals surface area (Å²) in [4.78, 5) is 17.1. The highest BCUT2D eigenvalue weighted by atomic mass is 16.3. The van der Waals surface area contributed by atoms with Gasteiger partial charge in [0, 0.05) is 12.4 Å². The van der Waals surface area contributed by atoms with Crippen molar-refractivity contribution in [2.24, 2.45) is 0 Å². The normalized spacial score (nSPS) is 11.5. The first-order valence-corrected chi connectivity index (χ1v) is 5.17. The molecule has 0 saturated carbocycles. The van der Waals surface area contributed by atoms with Crippen LogP contribution in [0.5, 0.6) is 0 Å². The molecular weight excluding hydrogens is 216 g/mol. The molecule has 0 spiro atoms. The van der Waals surface area contributed by atoms with Gasteiger partial charge in [-0.15, -0.1) is 0 Å². The molecule has 5 heteroatoms. The Hall–Kier alpha value is -2.56. The van der Waals surface area contributed by atoms with E-state index in [-0.39, 0.29) is 0 Å². The van der Waals surface area contributed by atoms with Crippen LogP contribution in [0, 0.1) is 0 Å². The molecule has 0 bridgehead atoms. The number of hydrogen-bond donors (Lipinski definition) is 0. The average Bonchev–Trinajstić information content (AvgIpc) is 2.73. The van der Waals surface area contributed by atoms with Gasteiger partial charge >= 0.3 is 0 Å². The minimum absolute atomic E-state index is 0.511. The third kappa shape index (κ3) is 1.13. The second kappa shape index (κ2) is 2.98. The molecule has 4 aromatic heterocycles. The van der Waals surface area contributed by atoms with Gasteiger partial charge in [-0.2, -0.15) is 0 Å². The summed E-state index contributed by atoms with van der Waals surface area (Å²) in [6, 6.07) is 5.58. The zero-order chi connectivity index (χ0) is 11.2. The van der Waals surface area contributed by atoms with E-state index in [9.17, 15) is 0 Å². The third-order valence-corrected chi connectivity index (χ3v) is 2.65. The molecule has 0 aromatic carbocycles. The summed E-state index contributed by atoms with van der Waals surface area (Å²) >= 11 is 0. The van der Waals surface area contributed by atoms with E-state index in [1.807, 2.05) is 18.2 Å². The molecule has 4 aromatic rings. The Morgan fingerprint density at radius 3 is 2.94 bits per heavy atom. The first-order valence-electron chi connectivity index (χ1n) is 5.17. The zero-order valence-electron chi connectivity index (χ0n) is 8.66. The van der Waals surface area contributed by atoms with E-state index >= 15 is 0 Å². The van der Waals surface area contributed by atoms with Gasteiger partial charge in [0.2, 0.25) is 11.4 Å². The SMILES string of the molecule is c1cnc2oc3nc4ccncc4nc3c2c1. The molecule has 0 amide bonds. The lowest BCUT2D eigenvalue weighted by atomic mass is 10.3. The highest BCUT2D eigenvalue weighted by Crippen LogP contribution is 2.25. The maximum Gasteiger partial charge on any atom is 0.248 e. The van der Waals surface area contributed by atoms with Crippen molar-refractivity contribution >= 4 is 33.4 Å². The molecule has 0 aliphatic rings. The predicted molar refractivity (Wildman–Crippen MR) is 62.4 cm³/mol. The fourth-order valence-electron chi connectivity index (χ4n) is 1.88. The van der Waals surface area contributed by atoms with E-state index in [4.69, 9.17) is 4.42 Å². The summed E-state index contributed by atoms with van der Waals surface area (Å²) in [5, 5.41) is 0.876. The quantitative estimate of drug-likeness (QED) is 0.456. The van der Waals surface area contributed by atoms with Crippen molar-refractivity contribution in [3.8, 4) is 0 Å². The molecule has 4 rings (SSSR count). The summed E-state index contributed by atoms with van der Waals surface area (Å²) < 4.78 is 5.56. The number of furan rings is 1. The first kappa shape index (κ1) is 8.58. The fraction of sp³-hybridized carbons (Fsp3) is 0. The summed E-state index contributed by atoms with van der Waals surface area (Å²) in [6.07, 6.45) is 5.06. The third-order valence-electron chi connectivity index (χ3n) is 2.65. The Balaban J connectivity index is 2.28. The lowest BCUT2D eigenvalue weighted by Gasteiger charge is -1.93. The molecule has 80 valence electrons. The van der Waals surface area contributed by atoms with Crippen molar-refractivity contribution in [2.75, 3.05) is 0 Å². The van der Waals surface area contributed by atoms with Gasteiger partial charge in [-0.3, -0.25) is 4.98 Å². The van der Waals surface area contributed by atoms with E-state index in [1.165, 1.54) is 0 Å². The molecular formula is C12H6N4O. The molecule has 0 unspecified atom stereocenters. The van der Waals surface area contributed by atoms with E-state index in [0.29, 0.717) is 11.4 Å². The number of pyridine rings is 2. The lowest BCUT2D eigenvalue weighted by molar-refractivity contribution is 0.641. The van der Waals surface area contributed by atoms with Gasteiger partial charge in [0.25, 0.3) is 0 Å². The smallest absolute Gasteiger partial charge is 0.248 e. The maximum absolute atomic E-state index is 5.56. The Kier molecular flexibility index (Phi) is 1.50. The van der Waals surface area contributed by atoms with Gasteiger partial charge in [-0.05, 0) is 18.2 Å². The molecule has 0 saturated heterocycles. The van der Waals surface area contributed by atoms with Crippen LogP contribution in [0.25, 0.3) is 33.4 Å². The molecule has 4 heterocycles. The second-order valence-corrected chi connectivity index (χ2v) is 3.70. The number of fused-ring (bicyclic) bond motifs is 4. The largest absolute Gasteiger partial charge is 0.418 e. The van der Waals surface area contributed by atoms with Crippen LogP contribution >= 0.6 is 0 Å². The van der Waals surface area contributed by atoms with Gasteiger partial charge in [0.1, 0.15) is 11.0 Å². The molecule has 5 nitrogen and oxygen atoms in total. The van der Waals surface area contributed by atoms with Gasteiger partial charge in [0.05, 0.1) is 17.1 Å². The Morgan fingerprint density at radius 2 is 1.94 bits per heavy atom. The van der Waals surface area contributed by atoms with Crippen LogP contribution in [0.3, 0.4) is 0 Å². The highest BCUT2D eigenvalue weighted by molar-refractivity contribution is 6.01. The van der Waals surface area contributed by atoms with Gasteiger partial charge < -0.3 is 4.42 Å². The lowest BCUT2D eigenvalue weighted by Crippen LogP contribution is -1.85. The van der Waals surface area contributed by atoms with Crippen molar-refractivity contribution < 1.29 is 4.42 Å². The topological polar surface area (TPSA) is 64.7 Å². The molecule has 0 atom stereocenters. The van der Waals surface area contributed by atoms with Crippen molar-refractivity contribution in [3.63, 3.8) is 0 Å². The molecule has 0 aliphatic carbocycles.